The van der Waals surface area contributed by atoms with Crippen molar-refractivity contribution in [1.82, 2.24) is 4.90 Å². The molecule has 1 saturated heterocycles. The lowest BCUT2D eigenvalue weighted by Crippen LogP contribution is -2.36. The van der Waals surface area contributed by atoms with Crippen LogP contribution in [0, 0.1) is 12.8 Å². The van der Waals surface area contributed by atoms with Gasteiger partial charge in [-0.1, -0.05) is 29.8 Å². The van der Waals surface area contributed by atoms with E-state index in [1.807, 2.05) is 58.7 Å². The van der Waals surface area contributed by atoms with Gasteiger partial charge in [-0.3, -0.25) is 4.79 Å². The Balaban J connectivity index is 0. The third-order valence-electron chi connectivity index (χ3n) is 3.32. The van der Waals surface area contributed by atoms with Crippen LogP contribution in [-0.4, -0.2) is 51.2 Å². The van der Waals surface area contributed by atoms with Crippen molar-refractivity contribution in [2.75, 3.05) is 26.7 Å². The van der Waals surface area contributed by atoms with Gasteiger partial charge in [-0.15, -0.1) is 0 Å². The summed E-state index contributed by atoms with van der Waals surface area (Å²) in [4.78, 5) is 29.5. The zero-order valence-corrected chi connectivity index (χ0v) is 15.6. The summed E-state index contributed by atoms with van der Waals surface area (Å²) in [5.74, 6) is 0.0905. The molecule has 1 aliphatic rings. The number of hydrogen-bond donors (Lipinski definition) is 0. The normalized spacial score (nSPS) is 16.1. The Kier molecular flexibility index (Phi) is 16.5. The summed E-state index contributed by atoms with van der Waals surface area (Å²) >= 11 is 5.71. The minimum Gasteiger partial charge on any atom is -0.466 e. The average molecular weight is 358 g/mol. The molecule has 6 heteroatoms. The number of hydrogen-bond acceptors (Lipinski definition) is 5. The van der Waals surface area contributed by atoms with E-state index in [2.05, 4.69) is 4.90 Å². The van der Waals surface area contributed by atoms with Gasteiger partial charge in [0.15, 0.2) is 0 Å². The molecular formula is C18H28ClNO4. The zero-order valence-electron chi connectivity index (χ0n) is 14.8. The number of esters is 1. The van der Waals surface area contributed by atoms with Crippen LogP contribution in [0.3, 0.4) is 0 Å². The van der Waals surface area contributed by atoms with Gasteiger partial charge in [-0.2, -0.15) is 0 Å². The first-order valence-corrected chi connectivity index (χ1v) is 8.06. The Labute approximate surface area is 149 Å². The zero-order chi connectivity index (χ0) is 19.0. The Morgan fingerprint density at radius 3 is 2.29 bits per heavy atom. The number of benzene rings is 1. The van der Waals surface area contributed by atoms with Gasteiger partial charge in [0.2, 0.25) is 0 Å². The molecule has 0 bridgehead atoms. The standard InChI is InChI=1S/C9H17NO2.C7H7Cl.2CH2O/c1-3-12-9(11)8-5-4-6-10(2)7-8;1-6-4-2-3-5-7(6)8;2*1-2/h8H,3-7H2,1-2H3;2-5H,1H3;2*1H2/t8-;;;/m0.../s1. The molecule has 136 valence electrons. The molecule has 1 aromatic rings. The molecule has 1 aromatic carbocycles. The van der Waals surface area contributed by atoms with Crippen molar-refractivity contribution >= 4 is 31.1 Å². The third kappa shape index (κ3) is 10.9. The maximum atomic E-state index is 11.3. The molecule has 24 heavy (non-hydrogen) atoms. The largest absolute Gasteiger partial charge is 0.466 e. The lowest BCUT2D eigenvalue weighted by molar-refractivity contribution is -0.149. The number of nitrogens with zero attached hydrogens (tertiary/aromatic N) is 1. The van der Waals surface area contributed by atoms with E-state index in [0.717, 1.165) is 36.5 Å². The molecule has 0 aliphatic carbocycles. The van der Waals surface area contributed by atoms with Crippen molar-refractivity contribution < 1.29 is 19.1 Å². The molecule has 5 nitrogen and oxygen atoms in total. The summed E-state index contributed by atoms with van der Waals surface area (Å²) in [6.07, 6.45) is 2.10. The number of halogens is 1. The number of carbonyl (C=O) groups is 3. The van der Waals surface area contributed by atoms with Crippen LogP contribution < -0.4 is 0 Å². The van der Waals surface area contributed by atoms with Gasteiger partial charge < -0.3 is 19.2 Å². The number of ether oxygens (including phenoxy) is 1. The predicted molar refractivity (Wildman–Crippen MR) is 97.3 cm³/mol. The topological polar surface area (TPSA) is 63.7 Å². The van der Waals surface area contributed by atoms with Crippen LogP contribution in [0.2, 0.25) is 5.02 Å². The fraction of sp³-hybridized carbons (Fsp3) is 0.500. The molecule has 1 atom stereocenters. The molecule has 0 radical (unpaired) electrons. The Bertz CT molecular complexity index is 433. The van der Waals surface area contributed by atoms with Crippen LogP contribution in [0.15, 0.2) is 24.3 Å². The highest BCUT2D eigenvalue weighted by atomic mass is 35.5. The van der Waals surface area contributed by atoms with E-state index in [1.165, 1.54) is 0 Å². The SMILES string of the molecule is C=O.C=O.CCOC(=O)[C@H]1CCCN(C)C1.Cc1ccccc1Cl. The first-order chi connectivity index (χ1) is 11.5. The van der Waals surface area contributed by atoms with Crippen molar-refractivity contribution in [2.45, 2.75) is 26.7 Å². The Morgan fingerprint density at radius 2 is 1.88 bits per heavy atom. The minimum atomic E-state index is -0.0240. The molecule has 0 spiro atoms. The van der Waals surface area contributed by atoms with E-state index in [1.54, 1.807) is 0 Å². The van der Waals surface area contributed by atoms with Gasteiger partial charge in [0.05, 0.1) is 12.5 Å². The maximum absolute atomic E-state index is 11.3. The quantitative estimate of drug-likeness (QED) is 0.761. The molecule has 1 aliphatic heterocycles. The summed E-state index contributed by atoms with van der Waals surface area (Å²) < 4.78 is 4.96. The number of carbonyl (C=O) groups excluding carboxylic acids is 3. The Morgan fingerprint density at radius 1 is 1.29 bits per heavy atom. The highest BCUT2D eigenvalue weighted by Gasteiger charge is 2.24. The van der Waals surface area contributed by atoms with E-state index < -0.39 is 0 Å². The fourth-order valence-corrected chi connectivity index (χ4v) is 2.31. The second-order valence-electron chi connectivity index (χ2n) is 5.10. The maximum Gasteiger partial charge on any atom is 0.310 e. The van der Waals surface area contributed by atoms with Gasteiger partial charge in [0.1, 0.15) is 13.6 Å². The van der Waals surface area contributed by atoms with Gasteiger partial charge in [-0.25, -0.2) is 0 Å². The molecule has 0 saturated carbocycles. The Hall–Kier alpha value is -1.72. The molecule has 0 unspecified atom stereocenters. The number of likely N-dealkylation sites (tertiary alicyclic amines) is 1. The summed E-state index contributed by atoms with van der Waals surface area (Å²) in [7, 11) is 2.05. The van der Waals surface area contributed by atoms with Crippen molar-refractivity contribution in [2.24, 2.45) is 5.92 Å². The lowest BCUT2D eigenvalue weighted by atomic mass is 9.99. The summed E-state index contributed by atoms with van der Waals surface area (Å²) in [5.41, 5.74) is 1.13. The highest BCUT2D eigenvalue weighted by Crippen LogP contribution is 2.16. The summed E-state index contributed by atoms with van der Waals surface area (Å²) in [5, 5.41) is 0.840. The van der Waals surface area contributed by atoms with E-state index in [4.69, 9.17) is 25.9 Å². The highest BCUT2D eigenvalue weighted by molar-refractivity contribution is 6.31. The van der Waals surface area contributed by atoms with Crippen LogP contribution in [0.25, 0.3) is 0 Å². The van der Waals surface area contributed by atoms with E-state index >= 15 is 0 Å². The van der Waals surface area contributed by atoms with Crippen LogP contribution >= 0.6 is 11.6 Å². The fourth-order valence-electron chi connectivity index (χ4n) is 2.17. The monoisotopic (exact) mass is 357 g/mol. The lowest BCUT2D eigenvalue weighted by Gasteiger charge is -2.27. The number of piperidine rings is 1. The smallest absolute Gasteiger partial charge is 0.310 e. The van der Waals surface area contributed by atoms with E-state index in [9.17, 15) is 4.79 Å². The second-order valence-corrected chi connectivity index (χ2v) is 5.51. The minimum absolute atomic E-state index is 0.0240. The number of rotatable bonds is 2. The molecular weight excluding hydrogens is 330 g/mol. The molecule has 0 amide bonds. The van der Waals surface area contributed by atoms with Crippen LogP contribution in [0.4, 0.5) is 0 Å². The molecule has 1 fully saturated rings. The first-order valence-electron chi connectivity index (χ1n) is 7.68. The molecule has 0 aromatic heterocycles. The third-order valence-corrected chi connectivity index (χ3v) is 3.75. The van der Waals surface area contributed by atoms with Crippen LogP contribution in [0.5, 0.6) is 0 Å². The van der Waals surface area contributed by atoms with Crippen molar-refractivity contribution in [3.05, 3.63) is 34.9 Å². The summed E-state index contributed by atoms with van der Waals surface area (Å²) in [6.45, 7) is 10.3. The van der Waals surface area contributed by atoms with Crippen LogP contribution in [0.1, 0.15) is 25.3 Å². The molecule has 2 rings (SSSR count). The second kappa shape index (κ2) is 16.1. The molecule has 1 heterocycles. The first kappa shape index (κ1) is 24.5. The van der Waals surface area contributed by atoms with Crippen molar-refractivity contribution in [1.29, 1.82) is 0 Å². The van der Waals surface area contributed by atoms with Gasteiger partial charge in [0.25, 0.3) is 0 Å². The summed E-state index contributed by atoms with van der Waals surface area (Å²) in [6, 6.07) is 7.77. The van der Waals surface area contributed by atoms with Gasteiger partial charge in [0, 0.05) is 11.6 Å². The van der Waals surface area contributed by atoms with Crippen molar-refractivity contribution in [3.8, 4) is 0 Å². The average Bonchev–Trinajstić information content (AvgIpc) is 2.62. The van der Waals surface area contributed by atoms with Crippen molar-refractivity contribution in [3.63, 3.8) is 0 Å². The van der Waals surface area contributed by atoms with Crippen LogP contribution in [-0.2, 0) is 19.1 Å². The van der Waals surface area contributed by atoms with Gasteiger partial charge >= 0.3 is 5.97 Å². The predicted octanol–water partition coefficient (Wildman–Crippen LogP) is 3.17. The number of aryl methyl sites for hydroxylation is 1. The van der Waals surface area contributed by atoms with Gasteiger partial charge in [-0.05, 0) is 51.9 Å². The van der Waals surface area contributed by atoms with E-state index in [-0.39, 0.29) is 11.9 Å². The molecule has 0 N–H and O–H groups in total. The van der Waals surface area contributed by atoms with E-state index in [0.29, 0.717) is 6.61 Å².